The van der Waals surface area contributed by atoms with Gasteiger partial charge in [-0.05, 0) is 25.5 Å². The van der Waals surface area contributed by atoms with Gasteiger partial charge in [-0.3, -0.25) is 9.59 Å². The number of ether oxygens (including phenoxy) is 2. The third kappa shape index (κ3) is 4.57. The van der Waals surface area contributed by atoms with E-state index in [0.717, 1.165) is 6.42 Å². The first-order chi connectivity index (χ1) is 8.67. The van der Waals surface area contributed by atoms with Crippen molar-refractivity contribution in [3.63, 3.8) is 0 Å². The SMILES string of the molecule is CCCOC(=O)CC(=O)c1cccc(OCC)c1. The standard InChI is InChI=1S/C14H18O4/c1-3-8-18-14(16)10-13(15)11-6-5-7-12(9-11)17-4-2/h5-7,9H,3-4,8,10H2,1-2H3. The highest BCUT2D eigenvalue weighted by Crippen LogP contribution is 2.14. The molecular formula is C14H18O4. The zero-order valence-corrected chi connectivity index (χ0v) is 10.8. The maximum absolute atomic E-state index is 11.8. The van der Waals surface area contributed by atoms with Crippen LogP contribution in [0.2, 0.25) is 0 Å². The summed E-state index contributed by atoms with van der Waals surface area (Å²) < 4.78 is 10.2. The number of Topliss-reactive ketones (excluding diaryl/α,β-unsaturated/α-hetero) is 1. The van der Waals surface area contributed by atoms with Gasteiger partial charge < -0.3 is 9.47 Å². The molecule has 0 saturated heterocycles. The van der Waals surface area contributed by atoms with Gasteiger partial charge in [0.2, 0.25) is 0 Å². The van der Waals surface area contributed by atoms with Gasteiger partial charge in [-0.2, -0.15) is 0 Å². The Morgan fingerprint density at radius 3 is 2.67 bits per heavy atom. The molecule has 0 aliphatic heterocycles. The number of carbonyl (C=O) groups excluding carboxylic acids is 2. The Morgan fingerprint density at radius 2 is 2.00 bits per heavy atom. The maximum atomic E-state index is 11.8. The van der Waals surface area contributed by atoms with Crippen LogP contribution in [0.1, 0.15) is 37.0 Å². The van der Waals surface area contributed by atoms with Gasteiger partial charge in [0.15, 0.2) is 5.78 Å². The summed E-state index contributed by atoms with van der Waals surface area (Å²) in [7, 11) is 0. The van der Waals surface area contributed by atoms with Crippen molar-refractivity contribution in [2.24, 2.45) is 0 Å². The summed E-state index contributed by atoms with van der Waals surface area (Å²) in [5.74, 6) is -0.105. The molecule has 0 amide bonds. The van der Waals surface area contributed by atoms with Gasteiger partial charge in [0.1, 0.15) is 12.2 Å². The molecule has 0 fully saturated rings. The Balaban J connectivity index is 2.60. The highest BCUT2D eigenvalue weighted by atomic mass is 16.5. The van der Waals surface area contributed by atoms with E-state index in [0.29, 0.717) is 24.5 Å². The summed E-state index contributed by atoms with van der Waals surface area (Å²) in [5.41, 5.74) is 0.467. The van der Waals surface area contributed by atoms with Crippen molar-refractivity contribution in [3.8, 4) is 5.75 Å². The fourth-order valence-corrected chi connectivity index (χ4v) is 1.43. The average Bonchev–Trinajstić information content (AvgIpc) is 2.37. The van der Waals surface area contributed by atoms with Crippen molar-refractivity contribution >= 4 is 11.8 Å². The topological polar surface area (TPSA) is 52.6 Å². The van der Waals surface area contributed by atoms with Crippen LogP contribution < -0.4 is 4.74 Å². The van der Waals surface area contributed by atoms with Crippen LogP contribution in [0.25, 0.3) is 0 Å². The summed E-state index contributed by atoms with van der Waals surface area (Å²) in [6, 6.07) is 6.81. The predicted octanol–water partition coefficient (Wildman–Crippen LogP) is 2.61. The molecule has 0 aliphatic rings. The van der Waals surface area contributed by atoms with Gasteiger partial charge in [-0.15, -0.1) is 0 Å². The largest absolute Gasteiger partial charge is 0.494 e. The van der Waals surface area contributed by atoms with Gasteiger partial charge in [0.05, 0.1) is 13.2 Å². The number of ketones is 1. The van der Waals surface area contributed by atoms with E-state index in [2.05, 4.69) is 0 Å². The zero-order valence-electron chi connectivity index (χ0n) is 10.8. The minimum Gasteiger partial charge on any atom is -0.494 e. The number of hydrogen-bond donors (Lipinski definition) is 0. The highest BCUT2D eigenvalue weighted by Gasteiger charge is 2.13. The molecule has 0 radical (unpaired) electrons. The van der Waals surface area contributed by atoms with E-state index in [9.17, 15) is 9.59 Å². The van der Waals surface area contributed by atoms with Gasteiger partial charge in [0.25, 0.3) is 0 Å². The Hall–Kier alpha value is -1.84. The predicted molar refractivity (Wildman–Crippen MR) is 67.8 cm³/mol. The van der Waals surface area contributed by atoms with Crippen molar-refractivity contribution in [2.75, 3.05) is 13.2 Å². The van der Waals surface area contributed by atoms with Crippen molar-refractivity contribution in [2.45, 2.75) is 26.7 Å². The molecule has 0 heterocycles. The normalized spacial score (nSPS) is 9.89. The Morgan fingerprint density at radius 1 is 1.22 bits per heavy atom. The van der Waals surface area contributed by atoms with E-state index in [1.807, 2.05) is 13.8 Å². The average molecular weight is 250 g/mol. The molecule has 4 heteroatoms. The summed E-state index contributed by atoms with van der Waals surface area (Å²) in [6.07, 6.45) is 0.523. The van der Waals surface area contributed by atoms with Crippen molar-refractivity contribution in [1.29, 1.82) is 0 Å². The van der Waals surface area contributed by atoms with E-state index < -0.39 is 5.97 Å². The van der Waals surface area contributed by atoms with Crippen molar-refractivity contribution in [1.82, 2.24) is 0 Å². The fraction of sp³-hybridized carbons (Fsp3) is 0.429. The lowest BCUT2D eigenvalue weighted by atomic mass is 10.1. The molecule has 98 valence electrons. The van der Waals surface area contributed by atoms with Crippen molar-refractivity contribution in [3.05, 3.63) is 29.8 Å². The lowest BCUT2D eigenvalue weighted by Crippen LogP contribution is -2.12. The van der Waals surface area contributed by atoms with Crippen molar-refractivity contribution < 1.29 is 19.1 Å². The molecule has 0 atom stereocenters. The first kappa shape index (κ1) is 14.2. The molecule has 0 bridgehead atoms. The number of hydrogen-bond acceptors (Lipinski definition) is 4. The molecule has 18 heavy (non-hydrogen) atoms. The van der Waals surface area contributed by atoms with Crippen LogP contribution in [-0.2, 0) is 9.53 Å². The monoisotopic (exact) mass is 250 g/mol. The van der Waals surface area contributed by atoms with E-state index in [-0.39, 0.29) is 12.2 Å². The van der Waals surface area contributed by atoms with Gasteiger partial charge in [-0.1, -0.05) is 19.1 Å². The molecule has 0 N–H and O–H groups in total. The Labute approximate surface area is 107 Å². The lowest BCUT2D eigenvalue weighted by molar-refractivity contribution is -0.142. The smallest absolute Gasteiger partial charge is 0.313 e. The van der Waals surface area contributed by atoms with Crippen LogP contribution in [0.4, 0.5) is 0 Å². The summed E-state index contributed by atoms with van der Waals surface area (Å²) >= 11 is 0. The number of benzene rings is 1. The van der Waals surface area contributed by atoms with Gasteiger partial charge in [-0.25, -0.2) is 0 Å². The quantitative estimate of drug-likeness (QED) is 0.424. The molecule has 1 rings (SSSR count). The summed E-state index contributed by atoms with van der Waals surface area (Å²) in [6.45, 7) is 4.67. The molecule has 1 aromatic carbocycles. The molecule has 0 unspecified atom stereocenters. The van der Waals surface area contributed by atoms with Gasteiger partial charge >= 0.3 is 5.97 Å². The third-order valence-corrected chi connectivity index (χ3v) is 2.24. The second kappa shape index (κ2) is 7.48. The van der Waals surface area contributed by atoms with Crippen LogP contribution in [0.5, 0.6) is 5.75 Å². The molecule has 0 aromatic heterocycles. The number of rotatable bonds is 7. The second-order valence-corrected chi connectivity index (χ2v) is 3.78. The first-order valence-corrected chi connectivity index (χ1v) is 6.09. The van der Waals surface area contributed by atoms with Crippen LogP contribution in [-0.4, -0.2) is 25.0 Å². The number of esters is 1. The molecule has 0 spiro atoms. The molecule has 0 aliphatic carbocycles. The highest BCUT2D eigenvalue weighted by molar-refractivity contribution is 6.06. The third-order valence-electron chi connectivity index (χ3n) is 2.24. The van der Waals surface area contributed by atoms with Crippen LogP contribution in [0.15, 0.2) is 24.3 Å². The van der Waals surface area contributed by atoms with Crippen LogP contribution in [0, 0.1) is 0 Å². The van der Waals surface area contributed by atoms with E-state index in [4.69, 9.17) is 9.47 Å². The molecule has 4 nitrogen and oxygen atoms in total. The van der Waals surface area contributed by atoms with Crippen LogP contribution >= 0.6 is 0 Å². The minimum absolute atomic E-state index is 0.227. The molecule has 0 saturated carbocycles. The number of carbonyl (C=O) groups is 2. The Bertz CT molecular complexity index is 412. The van der Waals surface area contributed by atoms with E-state index >= 15 is 0 Å². The molecular weight excluding hydrogens is 232 g/mol. The summed E-state index contributed by atoms with van der Waals surface area (Å²) in [5, 5.41) is 0. The maximum Gasteiger partial charge on any atom is 0.313 e. The minimum atomic E-state index is -0.483. The second-order valence-electron chi connectivity index (χ2n) is 3.78. The van der Waals surface area contributed by atoms with E-state index in [1.165, 1.54) is 0 Å². The first-order valence-electron chi connectivity index (χ1n) is 6.09. The Kier molecular flexibility index (Phi) is 5.91. The summed E-state index contributed by atoms with van der Waals surface area (Å²) in [4.78, 5) is 23.1. The fourth-order valence-electron chi connectivity index (χ4n) is 1.43. The molecule has 1 aromatic rings. The van der Waals surface area contributed by atoms with Gasteiger partial charge in [0, 0.05) is 5.56 Å². The van der Waals surface area contributed by atoms with Crippen LogP contribution in [0.3, 0.4) is 0 Å². The zero-order chi connectivity index (χ0) is 13.4. The lowest BCUT2D eigenvalue weighted by Gasteiger charge is -2.05. The van der Waals surface area contributed by atoms with E-state index in [1.54, 1.807) is 24.3 Å².